The Morgan fingerprint density at radius 2 is 1.94 bits per heavy atom. The molecule has 0 aliphatic heterocycles. The third-order valence-corrected chi connectivity index (χ3v) is 3.02. The molecule has 0 saturated heterocycles. The monoisotopic (exact) mass is 273 g/mol. The smallest absolute Gasteiger partial charge is 0.329 e. The Morgan fingerprint density at radius 1 is 1.28 bits per heavy atom. The number of aliphatic carboxylic acids is 1. The lowest BCUT2D eigenvalue weighted by Crippen LogP contribution is -2.24. The average molecular weight is 273 g/mol. The third kappa shape index (κ3) is 6.51. The van der Waals surface area contributed by atoms with E-state index in [0.717, 1.165) is 5.56 Å². The van der Waals surface area contributed by atoms with E-state index >= 15 is 0 Å². The second-order valence-corrected chi connectivity index (χ2v) is 5.61. The van der Waals surface area contributed by atoms with Crippen molar-refractivity contribution in [2.75, 3.05) is 13.1 Å². The van der Waals surface area contributed by atoms with Gasteiger partial charge in [-0.05, 0) is 24.1 Å². The zero-order valence-electron chi connectivity index (χ0n) is 9.74. The molecular weight excluding hydrogens is 257 g/mol. The number of hydrogen-bond donors (Lipinski definition) is 4. The second kappa shape index (κ2) is 6.66. The van der Waals surface area contributed by atoms with E-state index in [-0.39, 0.29) is 12.7 Å². The van der Waals surface area contributed by atoms with E-state index in [4.69, 9.17) is 14.9 Å². The Morgan fingerprint density at radius 3 is 2.56 bits per heavy atom. The van der Waals surface area contributed by atoms with Gasteiger partial charge in [-0.15, -0.1) is 0 Å². The van der Waals surface area contributed by atoms with Gasteiger partial charge in [-0.2, -0.15) is 0 Å². The summed E-state index contributed by atoms with van der Waals surface area (Å²) in [5.74, 6) is -0.912. The summed E-state index contributed by atoms with van der Waals surface area (Å²) in [7, 11) is -4.05. The maximum absolute atomic E-state index is 10.9. The van der Waals surface area contributed by atoms with Crippen molar-refractivity contribution in [2.45, 2.75) is 12.6 Å². The fourth-order valence-electron chi connectivity index (χ4n) is 1.55. The highest BCUT2D eigenvalue weighted by Gasteiger charge is 2.13. The van der Waals surface area contributed by atoms with Gasteiger partial charge in [0.2, 0.25) is 0 Å². The van der Waals surface area contributed by atoms with Crippen LogP contribution in [0.3, 0.4) is 0 Å². The summed E-state index contributed by atoms with van der Waals surface area (Å²) < 4.78 is 10.9. The first kappa shape index (κ1) is 14.9. The van der Waals surface area contributed by atoms with Gasteiger partial charge >= 0.3 is 13.6 Å². The lowest BCUT2D eigenvalue weighted by molar-refractivity contribution is -0.135. The molecule has 6 nitrogen and oxygen atoms in total. The Balaban J connectivity index is 2.49. The first-order valence-electron chi connectivity index (χ1n) is 5.42. The van der Waals surface area contributed by atoms with E-state index in [1.165, 1.54) is 0 Å². The number of nitrogens with one attached hydrogen (secondary N) is 1. The van der Waals surface area contributed by atoms with Gasteiger partial charge in [0.15, 0.2) is 0 Å². The summed E-state index contributed by atoms with van der Waals surface area (Å²) in [5.41, 5.74) is 1.50. The molecule has 0 aromatic heterocycles. The summed E-state index contributed by atoms with van der Waals surface area (Å²) in [6.45, 7) is 0.411. The van der Waals surface area contributed by atoms with Crippen LogP contribution in [-0.2, 0) is 21.9 Å². The third-order valence-electron chi connectivity index (χ3n) is 2.25. The molecule has 1 aromatic carbocycles. The lowest BCUT2D eigenvalue weighted by Gasteiger charge is -2.07. The van der Waals surface area contributed by atoms with Gasteiger partial charge < -0.3 is 20.2 Å². The molecule has 0 amide bonds. The van der Waals surface area contributed by atoms with Crippen molar-refractivity contribution < 1.29 is 24.3 Å². The Labute approximate surface area is 105 Å². The number of hydrogen-bond acceptors (Lipinski definition) is 3. The largest absolute Gasteiger partial charge is 0.480 e. The molecule has 1 aromatic rings. The molecule has 0 radical (unpaired) electrons. The number of benzene rings is 1. The summed E-state index contributed by atoms with van der Waals surface area (Å²) >= 11 is 0. The molecule has 18 heavy (non-hydrogen) atoms. The maximum atomic E-state index is 10.9. The standard InChI is InChI=1S/C11H16NO5P/c13-11(14)7-12-5-4-9-2-1-3-10(6-9)8-18(15,16)17/h1-3,6,12H,4-5,7-8H2,(H,13,14)(H2,15,16,17). The highest BCUT2D eigenvalue weighted by Crippen LogP contribution is 2.39. The van der Waals surface area contributed by atoms with Crippen LogP contribution in [0.4, 0.5) is 0 Å². The van der Waals surface area contributed by atoms with E-state index in [1.54, 1.807) is 18.2 Å². The maximum Gasteiger partial charge on any atom is 0.329 e. The minimum absolute atomic E-state index is 0.0951. The van der Waals surface area contributed by atoms with Crippen LogP contribution < -0.4 is 5.32 Å². The first-order valence-corrected chi connectivity index (χ1v) is 7.21. The predicted molar refractivity (Wildman–Crippen MR) is 66.4 cm³/mol. The molecule has 4 N–H and O–H groups in total. The Bertz CT molecular complexity index is 457. The summed E-state index contributed by atoms with van der Waals surface area (Å²) in [4.78, 5) is 28.0. The molecule has 0 aliphatic carbocycles. The number of rotatable bonds is 7. The fourth-order valence-corrected chi connectivity index (χ4v) is 2.22. The van der Waals surface area contributed by atoms with Crippen LogP contribution in [0.25, 0.3) is 0 Å². The molecule has 0 saturated carbocycles. The van der Waals surface area contributed by atoms with Crippen molar-refractivity contribution in [3.63, 3.8) is 0 Å². The SMILES string of the molecule is O=C(O)CNCCc1cccc(CP(=O)(O)O)c1. The van der Waals surface area contributed by atoms with Crippen molar-refractivity contribution in [1.29, 1.82) is 0 Å². The normalized spacial score (nSPS) is 11.4. The Kier molecular flexibility index (Phi) is 5.50. The molecule has 100 valence electrons. The lowest BCUT2D eigenvalue weighted by atomic mass is 10.1. The molecule has 0 spiro atoms. The molecule has 0 heterocycles. The average Bonchev–Trinajstić information content (AvgIpc) is 2.22. The van der Waals surface area contributed by atoms with Crippen molar-refractivity contribution in [3.05, 3.63) is 35.4 Å². The minimum Gasteiger partial charge on any atom is -0.480 e. The van der Waals surface area contributed by atoms with Crippen molar-refractivity contribution in [3.8, 4) is 0 Å². The van der Waals surface area contributed by atoms with Crippen LogP contribution in [0.15, 0.2) is 24.3 Å². The zero-order chi connectivity index (χ0) is 13.6. The zero-order valence-corrected chi connectivity index (χ0v) is 10.6. The molecule has 0 atom stereocenters. The topological polar surface area (TPSA) is 107 Å². The minimum atomic E-state index is -4.05. The summed E-state index contributed by atoms with van der Waals surface area (Å²) in [6.07, 6.45) is 0.339. The highest BCUT2D eigenvalue weighted by atomic mass is 31.2. The predicted octanol–water partition coefficient (Wildman–Crippen LogP) is 0.581. The van der Waals surface area contributed by atoms with Gasteiger partial charge in [0, 0.05) is 0 Å². The highest BCUT2D eigenvalue weighted by molar-refractivity contribution is 7.50. The molecule has 0 fully saturated rings. The second-order valence-electron chi connectivity index (χ2n) is 3.96. The number of carbonyl (C=O) groups is 1. The molecule has 1 rings (SSSR count). The first-order chi connectivity index (χ1) is 8.37. The van der Waals surface area contributed by atoms with Crippen LogP contribution >= 0.6 is 7.60 Å². The van der Waals surface area contributed by atoms with E-state index in [2.05, 4.69) is 5.32 Å². The summed E-state index contributed by atoms with van der Waals surface area (Å²) in [5, 5.41) is 11.2. The van der Waals surface area contributed by atoms with E-state index in [1.807, 2.05) is 6.07 Å². The van der Waals surface area contributed by atoms with E-state index in [0.29, 0.717) is 18.5 Å². The summed E-state index contributed by atoms with van der Waals surface area (Å²) in [6, 6.07) is 6.96. The van der Waals surface area contributed by atoms with Gasteiger partial charge in [0.05, 0.1) is 12.7 Å². The van der Waals surface area contributed by atoms with Crippen LogP contribution in [0.2, 0.25) is 0 Å². The molecular formula is C11H16NO5P. The van der Waals surface area contributed by atoms with Gasteiger partial charge in [-0.25, -0.2) is 0 Å². The van der Waals surface area contributed by atoms with Gasteiger partial charge in [0.1, 0.15) is 0 Å². The molecule has 0 aliphatic rings. The van der Waals surface area contributed by atoms with Crippen molar-refractivity contribution in [2.24, 2.45) is 0 Å². The quantitative estimate of drug-likeness (QED) is 0.427. The van der Waals surface area contributed by atoms with Crippen LogP contribution in [0.5, 0.6) is 0 Å². The van der Waals surface area contributed by atoms with Gasteiger partial charge in [-0.3, -0.25) is 9.36 Å². The van der Waals surface area contributed by atoms with Crippen molar-refractivity contribution in [1.82, 2.24) is 5.32 Å². The van der Waals surface area contributed by atoms with Gasteiger partial charge in [0.25, 0.3) is 0 Å². The van der Waals surface area contributed by atoms with Crippen LogP contribution in [0, 0.1) is 0 Å². The van der Waals surface area contributed by atoms with E-state index in [9.17, 15) is 9.36 Å². The van der Waals surface area contributed by atoms with Crippen LogP contribution in [-0.4, -0.2) is 34.0 Å². The van der Waals surface area contributed by atoms with E-state index < -0.39 is 13.6 Å². The Hall–Kier alpha value is -1.20. The molecule has 7 heteroatoms. The number of carboxylic acid groups (broad SMARTS) is 1. The molecule has 0 bridgehead atoms. The molecule has 0 unspecified atom stereocenters. The fraction of sp³-hybridized carbons (Fsp3) is 0.364. The van der Waals surface area contributed by atoms with Crippen molar-refractivity contribution >= 4 is 13.6 Å². The van der Waals surface area contributed by atoms with Gasteiger partial charge in [-0.1, -0.05) is 24.3 Å². The van der Waals surface area contributed by atoms with Crippen LogP contribution in [0.1, 0.15) is 11.1 Å². The number of carboxylic acids is 1.